The Morgan fingerprint density at radius 1 is 1.14 bits per heavy atom. The average Bonchev–Trinajstić information content (AvgIpc) is 3.15. The Bertz CT molecular complexity index is 1070. The van der Waals surface area contributed by atoms with E-state index in [4.69, 9.17) is 0 Å². The summed E-state index contributed by atoms with van der Waals surface area (Å²) in [5, 5.41) is 23.2. The zero-order valence-electron chi connectivity index (χ0n) is 15.2. The molecule has 28 heavy (non-hydrogen) atoms. The molecule has 10 heteroatoms. The summed E-state index contributed by atoms with van der Waals surface area (Å²) in [7, 11) is 0. The van der Waals surface area contributed by atoms with Crippen LogP contribution < -0.4 is 10.7 Å². The topological polar surface area (TPSA) is 132 Å². The summed E-state index contributed by atoms with van der Waals surface area (Å²) >= 11 is 0. The Balaban J connectivity index is 1.86. The Morgan fingerprint density at radius 2 is 1.82 bits per heavy atom. The number of hydrogen-bond acceptors (Lipinski definition) is 6. The largest absolute Gasteiger partial charge is 0.477 e. The molecular weight excluding hydrogens is 364 g/mol. The molecule has 0 aliphatic heterocycles. The zero-order chi connectivity index (χ0) is 20.3. The quantitative estimate of drug-likeness (QED) is 0.651. The van der Waals surface area contributed by atoms with E-state index in [0.29, 0.717) is 11.5 Å². The van der Waals surface area contributed by atoms with Crippen LogP contribution in [-0.4, -0.2) is 41.8 Å². The van der Waals surface area contributed by atoms with Crippen molar-refractivity contribution in [3.63, 3.8) is 0 Å². The number of carboxylic acids is 1. The Labute approximate surface area is 159 Å². The second-order valence-electron chi connectivity index (χ2n) is 6.29. The van der Waals surface area contributed by atoms with E-state index in [-0.39, 0.29) is 18.2 Å². The first-order valence-corrected chi connectivity index (χ1v) is 8.48. The van der Waals surface area contributed by atoms with Crippen LogP contribution in [0.25, 0.3) is 5.69 Å². The molecule has 1 amide bonds. The molecule has 0 saturated heterocycles. The Morgan fingerprint density at radius 3 is 2.46 bits per heavy atom. The van der Waals surface area contributed by atoms with Gasteiger partial charge in [0.25, 0.3) is 5.91 Å². The van der Waals surface area contributed by atoms with Gasteiger partial charge < -0.3 is 15.0 Å². The molecule has 0 radical (unpaired) electrons. The third kappa shape index (κ3) is 3.80. The molecular formula is C18H18N6O4. The number of pyridine rings is 1. The highest BCUT2D eigenvalue weighted by Crippen LogP contribution is 2.09. The number of nitrogens with one attached hydrogen (secondary N) is 1. The van der Waals surface area contributed by atoms with Crippen molar-refractivity contribution in [3.8, 4) is 5.69 Å². The standard InChI is InChI=1S/C18H18N6O4/c1-11(2)23-9-13(16(25)14(10-23)18(27)28)17(26)19-8-15-20-21-22-24(15)12-6-4-3-5-7-12/h3-7,9-11H,8H2,1-2H3,(H,19,26)(H,27,28). The molecule has 144 valence electrons. The van der Waals surface area contributed by atoms with Crippen LogP contribution in [0.1, 0.15) is 46.4 Å². The van der Waals surface area contributed by atoms with Gasteiger partial charge in [0.05, 0.1) is 12.2 Å². The van der Waals surface area contributed by atoms with E-state index < -0.39 is 22.9 Å². The molecule has 0 atom stereocenters. The highest BCUT2D eigenvalue weighted by molar-refractivity contribution is 5.96. The summed E-state index contributed by atoms with van der Waals surface area (Å²) in [4.78, 5) is 36.3. The second kappa shape index (κ2) is 7.82. The van der Waals surface area contributed by atoms with Crippen LogP contribution in [0.4, 0.5) is 0 Å². The van der Waals surface area contributed by atoms with Gasteiger partial charge in [-0.1, -0.05) is 18.2 Å². The fraction of sp³-hybridized carbons (Fsp3) is 0.222. The smallest absolute Gasteiger partial charge is 0.341 e. The van der Waals surface area contributed by atoms with Crippen LogP contribution in [0, 0.1) is 0 Å². The molecule has 0 aliphatic carbocycles. The van der Waals surface area contributed by atoms with E-state index in [2.05, 4.69) is 20.8 Å². The van der Waals surface area contributed by atoms with Crippen LogP contribution in [0.2, 0.25) is 0 Å². The van der Waals surface area contributed by atoms with Crippen LogP contribution >= 0.6 is 0 Å². The molecule has 0 saturated carbocycles. The minimum atomic E-state index is -1.39. The van der Waals surface area contributed by atoms with Crippen molar-refractivity contribution in [2.45, 2.75) is 26.4 Å². The number of carboxylic acid groups (broad SMARTS) is 1. The van der Waals surface area contributed by atoms with Crippen molar-refractivity contribution >= 4 is 11.9 Å². The number of para-hydroxylation sites is 1. The Kier molecular flexibility index (Phi) is 5.30. The third-order valence-electron chi connectivity index (χ3n) is 4.06. The lowest BCUT2D eigenvalue weighted by Gasteiger charge is -2.13. The first-order chi connectivity index (χ1) is 13.4. The minimum absolute atomic E-state index is 0.0425. The van der Waals surface area contributed by atoms with Crippen molar-refractivity contribution < 1.29 is 14.7 Å². The van der Waals surface area contributed by atoms with Gasteiger partial charge in [-0.05, 0) is 36.4 Å². The van der Waals surface area contributed by atoms with Gasteiger partial charge in [-0.3, -0.25) is 9.59 Å². The molecule has 2 heterocycles. The van der Waals surface area contributed by atoms with Crippen LogP contribution in [0.5, 0.6) is 0 Å². The number of rotatable bonds is 6. The summed E-state index contributed by atoms with van der Waals surface area (Å²) in [6, 6.07) is 8.98. The lowest BCUT2D eigenvalue weighted by atomic mass is 10.1. The molecule has 0 unspecified atom stereocenters. The van der Waals surface area contributed by atoms with Gasteiger partial charge in [0.15, 0.2) is 5.82 Å². The molecule has 10 nitrogen and oxygen atoms in total. The zero-order valence-corrected chi connectivity index (χ0v) is 15.2. The van der Waals surface area contributed by atoms with Crippen molar-refractivity contribution in [1.29, 1.82) is 0 Å². The Hall–Kier alpha value is -3.82. The van der Waals surface area contributed by atoms with E-state index >= 15 is 0 Å². The average molecular weight is 382 g/mol. The number of hydrogen-bond donors (Lipinski definition) is 2. The first-order valence-electron chi connectivity index (χ1n) is 8.48. The van der Waals surface area contributed by atoms with Gasteiger partial charge in [0, 0.05) is 18.4 Å². The first kappa shape index (κ1) is 19.0. The van der Waals surface area contributed by atoms with Gasteiger partial charge >= 0.3 is 5.97 Å². The highest BCUT2D eigenvalue weighted by atomic mass is 16.4. The fourth-order valence-corrected chi connectivity index (χ4v) is 2.55. The van der Waals surface area contributed by atoms with E-state index in [0.717, 1.165) is 0 Å². The van der Waals surface area contributed by atoms with Gasteiger partial charge in [0.1, 0.15) is 11.1 Å². The maximum absolute atomic E-state index is 12.6. The summed E-state index contributed by atoms with van der Waals surface area (Å²) < 4.78 is 2.97. The van der Waals surface area contributed by atoms with E-state index in [9.17, 15) is 19.5 Å². The number of aromatic nitrogens is 5. The van der Waals surface area contributed by atoms with Crippen LogP contribution in [0.15, 0.2) is 47.5 Å². The van der Waals surface area contributed by atoms with Crippen LogP contribution in [-0.2, 0) is 6.54 Å². The summed E-state index contributed by atoms with van der Waals surface area (Å²) in [6.45, 7) is 3.58. The SMILES string of the molecule is CC(C)n1cc(C(=O)O)c(=O)c(C(=O)NCc2nnnn2-c2ccccc2)c1. The van der Waals surface area contributed by atoms with Crippen molar-refractivity contribution in [2.24, 2.45) is 0 Å². The number of nitrogens with zero attached hydrogens (tertiary/aromatic N) is 5. The molecule has 0 bridgehead atoms. The molecule has 0 spiro atoms. The third-order valence-corrected chi connectivity index (χ3v) is 4.06. The second-order valence-corrected chi connectivity index (χ2v) is 6.29. The predicted octanol–water partition coefficient (Wildman–Crippen LogP) is 1.03. The van der Waals surface area contributed by atoms with Crippen molar-refractivity contribution in [3.05, 3.63) is 69.9 Å². The number of carbonyl (C=O) groups is 2. The van der Waals surface area contributed by atoms with Gasteiger partial charge in [-0.2, -0.15) is 4.68 Å². The summed E-state index contributed by atoms with van der Waals surface area (Å²) in [5.41, 5.74) is -0.848. The number of benzene rings is 1. The summed E-state index contributed by atoms with van der Waals surface area (Å²) in [5.74, 6) is -1.73. The predicted molar refractivity (Wildman–Crippen MR) is 98.4 cm³/mol. The van der Waals surface area contributed by atoms with E-state index in [1.54, 1.807) is 12.1 Å². The summed E-state index contributed by atoms with van der Waals surface area (Å²) in [6.07, 6.45) is 2.57. The lowest BCUT2D eigenvalue weighted by Crippen LogP contribution is -2.32. The van der Waals surface area contributed by atoms with Gasteiger partial charge in [-0.15, -0.1) is 5.10 Å². The lowest BCUT2D eigenvalue weighted by molar-refractivity contribution is 0.0694. The molecule has 0 aliphatic rings. The number of aromatic carboxylic acids is 1. The van der Waals surface area contributed by atoms with Crippen LogP contribution in [0.3, 0.4) is 0 Å². The van der Waals surface area contributed by atoms with Crippen molar-refractivity contribution in [1.82, 2.24) is 30.1 Å². The fourth-order valence-electron chi connectivity index (χ4n) is 2.55. The van der Waals surface area contributed by atoms with Gasteiger partial charge in [0.2, 0.25) is 5.43 Å². The molecule has 3 rings (SSSR count). The van der Waals surface area contributed by atoms with E-state index in [1.165, 1.54) is 21.6 Å². The molecule has 3 aromatic rings. The minimum Gasteiger partial charge on any atom is -0.477 e. The van der Waals surface area contributed by atoms with E-state index in [1.807, 2.05) is 32.0 Å². The molecule has 2 aromatic heterocycles. The normalized spacial score (nSPS) is 10.8. The molecule has 1 aromatic carbocycles. The number of amides is 1. The van der Waals surface area contributed by atoms with Gasteiger partial charge in [-0.25, -0.2) is 4.79 Å². The molecule has 2 N–H and O–H groups in total. The number of carbonyl (C=O) groups excluding carboxylic acids is 1. The highest BCUT2D eigenvalue weighted by Gasteiger charge is 2.20. The maximum Gasteiger partial charge on any atom is 0.341 e. The molecule has 0 fully saturated rings. The van der Waals surface area contributed by atoms with Crippen molar-refractivity contribution in [2.75, 3.05) is 0 Å². The maximum atomic E-state index is 12.6. The number of tetrazole rings is 1. The monoisotopic (exact) mass is 382 g/mol.